The average Bonchev–Trinajstić information content (AvgIpc) is 3.80. The van der Waals surface area contributed by atoms with Gasteiger partial charge in [0.2, 0.25) is 0 Å². The zero-order chi connectivity index (χ0) is 48.8. The van der Waals surface area contributed by atoms with E-state index in [-0.39, 0.29) is 10.8 Å². The van der Waals surface area contributed by atoms with Gasteiger partial charge in [0.05, 0.1) is 0 Å². The van der Waals surface area contributed by atoms with E-state index < -0.39 is 0 Å². The van der Waals surface area contributed by atoms with Crippen molar-refractivity contribution in [1.82, 2.24) is 0 Å². The third-order valence-electron chi connectivity index (χ3n) is 15.0. The molecule has 72 heavy (non-hydrogen) atoms. The van der Waals surface area contributed by atoms with Gasteiger partial charge in [-0.2, -0.15) is 0 Å². The maximum absolute atomic E-state index is 2.46. The third-order valence-corrected chi connectivity index (χ3v) is 15.0. The summed E-state index contributed by atoms with van der Waals surface area (Å²) in [6.45, 7) is 9.56. The Morgan fingerprint density at radius 1 is 0.250 bits per heavy atom. The normalized spacial score (nSPS) is 13.7. The summed E-state index contributed by atoms with van der Waals surface area (Å²) in [6.07, 6.45) is 8.70. The molecule has 0 saturated carbocycles. The fourth-order valence-electron chi connectivity index (χ4n) is 11.1. The van der Waals surface area contributed by atoms with E-state index in [1.807, 2.05) is 0 Å². The first-order valence-electron chi connectivity index (χ1n) is 25.2. The van der Waals surface area contributed by atoms with Crippen LogP contribution < -0.4 is 9.80 Å². The van der Waals surface area contributed by atoms with Gasteiger partial charge >= 0.3 is 0 Å². The highest BCUT2D eigenvalue weighted by Gasteiger charge is 2.38. The number of fused-ring (bicyclic) bond motifs is 6. The number of nitrogens with zero attached hydrogens (tertiary/aromatic N) is 2. The predicted octanol–water partition coefficient (Wildman–Crippen LogP) is 19.2. The second kappa shape index (κ2) is 18.2. The molecule has 346 valence electrons. The van der Waals surface area contributed by atoms with E-state index in [1.165, 1.54) is 77.9 Å². The van der Waals surface area contributed by atoms with Gasteiger partial charge in [-0.05, 0) is 163 Å². The van der Waals surface area contributed by atoms with Gasteiger partial charge in [-0.25, -0.2) is 0 Å². The molecule has 0 spiro atoms. The van der Waals surface area contributed by atoms with Gasteiger partial charge in [0.15, 0.2) is 0 Å². The van der Waals surface area contributed by atoms with E-state index in [2.05, 4.69) is 304 Å². The molecule has 10 aromatic carbocycles. The largest absolute Gasteiger partial charge is 0.310 e. The van der Waals surface area contributed by atoms with Gasteiger partial charge in [0.25, 0.3) is 0 Å². The lowest BCUT2D eigenvalue weighted by atomic mass is 9.80. The minimum Gasteiger partial charge on any atom is -0.310 e. The molecule has 12 rings (SSSR count). The van der Waals surface area contributed by atoms with E-state index in [4.69, 9.17) is 0 Å². The van der Waals surface area contributed by atoms with Crippen molar-refractivity contribution in [2.75, 3.05) is 9.80 Å². The van der Waals surface area contributed by atoms with Crippen LogP contribution in [0.15, 0.2) is 243 Å². The van der Waals surface area contributed by atoms with Crippen LogP contribution in [0.5, 0.6) is 0 Å². The Morgan fingerprint density at radius 2 is 0.514 bits per heavy atom. The van der Waals surface area contributed by atoms with Crippen molar-refractivity contribution in [1.29, 1.82) is 0 Å². The third kappa shape index (κ3) is 8.15. The van der Waals surface area contributed by atoms with Gasteiger partial charge in [0, 0.05) is 45.0 Å². The van der Waals surface area contributed by atoms with Gasteiger partial charge in [-0.1, -0.05) is 210 Å². The first-order chi connectivity index (χ1) is 35.2. The zero-order valence-electron chi connectivity index (χ0n) is 41.3. The standard InChI is InChI=1S/C70H56N2/c1-69(2)65-45-53(33-41-61(65)63-43-39-59(47-67(63)69)71(55-21-13-7-14-22-55)57-35-29-51(30-36-57)27-25-49-17-9-5-10-18-49)54-34-42-62-64-44-40-60(48-68(64)70(3,4)66(62)46-54)72(56-23-15-8-16-24-56)58-37-31-52(32-38-58)28-26-50-19-11-6-12-20-50/h5-48H,1-4H3/b27-25+,28-26+. The molecule has 2 nitrogen and oxygen atoms in total. The van der Waals surface area contributed by atoms with Crippen LogP contribution in [-0.4, -0.2) is 0 Å². The van der Waals surface area contributed by atoms with Crippen LogP contribution >= 0.6 is 0 Å². The van der Waals surface area contributed by atoms with E-state index in [0.29, 0.717) is 0 Å². The summed E-state index contributed by atoms with van der Waals surface area (Å²) in [5.41, 5.74) is 24.2. The topological polar surface area (TPSA) is 6.48 Å². The fraction of sp³-hybridized carbons (Fsp3) is 0.0857. The summed E-state index contributed by atoms with van der Waals surface area (Å²) in [4.78, 5) is 4.76. The summed E-state index contributed by atoms with van der Waals surface area (Å²) >= 11 is 0. The molecule has 0 fully saturated rings. The Kier molecular flexibility index (Phi) is 11.3. The number of hydrogen-bond donors (Lipinski definition) is 0. The van der Waals surface area contributed by atoms with E-state index in [1.54, 1.807) is 0 Å². The molecule has 0 N–H and O–H groups in total. The van der Waals surface area contributed by atoms with Gasteiger partial charge in [0.1, 0.15) is 0 Å². The van der Waals surface area contributed by atoms with Crippen LogP contribution in [0.1, 0.15) is 72.2 Å². The van der Waals surface area contributed by atoms with Crippen LogP contribution in [0.3, 0.4) is 0 Å². The Bertz CT molecular complexity index is 3400. The van der Waals surface area contributed by atoms with Crippen LogP contribution in [0, 0.1) is 0 Å². The smallest absolute Gasteiger partial charge is 0.0465 e. The lowest BCUT2D eigenvalue weighted by molar-refractivity contribution is 0.659. The molecule has 2 heteroatoms. The lowest BCUT2D eigenvalue weighted by Crippen LogP contribution is -2.17. The molecule has 2 aliphatic carbocycles. The SMILES string of the molecule is CC1(C)c2cc(-c3ccc4c(c3)C(C)(C)c3cc(N(c5ccccc5)c5ccc(/C=C/c6ccccc6)cc5)ccc3-4)ccc2-c2ccc(N(c3ccccc3)c3ccc(/C=C/c4ccccc4)cc3)cc21. The Balaban J connectivity index is 0.835. The second-order valence-corrected chi connectivity index (χ2v) is 20.2. The van der Waals surface area contributed by atoms with Crippen LogP contribution in [0.4, 0.5) is 34.1 Å². The summed E-state index contributed by atoms with van der Waals surface area (Å²) in [6, 6.07) is 88.6. The first-order valence-corrected chi connectivity index (χ1v) is 25.2. The highest BCUT2D eigenvalue weighted by Crippen LogP contribution is 2.54. The van der Waals surface area contributed by atoms with Crippen LogP contribution in [0.25, 0.3) is 57.7 Å². The Morgan fingerprint density at radius 3 is 0.861 bits per heavy atom. The van der Waals surface area contributed by atoms with Gasteiger partial charge in [-0.15, -0.1) is 0 Å². The molecule has 0 atom stereocenters. The predicted molar refractivity (Wildman–Crippen MR) is 307 cm³/mol. The lowest BCUT2D eigenvalue weighted by Gasteiger charge is -2.28. The van der Waals surface area contributed by atoms with Gasteiger partial charge < -0.3 is 9.80 Å². The van der Waals surface area contributed by atoms with Crippen molar-refractivity contribution >= 4 is 58.4 Å². The quantitative estimate of drug-likeness (QED) is 0.119. The van der Waals surface area contributed by atoms with E-state index >= 15 is 0 Å². The highest BCUT2D eigenvalue weighted by atomic mass is 15.1. The highest BCUT2D eigenvalue weighted by molar-refractivity contribution is 5.90. The molecular formula is C70H56N2. The molecule has 0 radical (unpaired) electrons. The molecule has 0 unspecified atom stereocenters. The number of rotatable bonds is 11. The maximum atomic E-state index is 2.46. The van der Waals surface area contributed by atoms with Crippen molar-refractivity contribution in [3.63, 3.8) is 0 Å². The second-order valence-electron chi connectivity index (χ2n) is 20.2. The van der Waals surface area contributed by atoms with Gasteiger partial charge in [-0.3, -0.25) is 0 Å². The fourth-order valence-corrected chi connectivity index (χ4v) is 11.1. The number of para-hydroxylation sites is 2. The number of hydrogen-bond acceptors (Lipinski definition) is 2. The monoisotopic (exact) mass is 924 g/mol. The summed E-state index contributed by atoms with van der Waals surface area (Å²) in [7, 11) is 0. The van der Waals surface area contributed by atoms with Crippen LogP contribution in [-0.2, 0) is 10.8 Å². The Labute approximate surface area is 425 Å². The minimum absolute atomic E-state index is 0.211. The average molecular weight is 925 g/mol. The summed E-state index contributed by atoms with van der Waals surface area (Å²) < 4.78 is 0. The van der Waals surface area contributed by atoms with Crippen molar-refractivity contribution in [2.45, 2.75) is 38.5 Å². The summed E-state index contributed by atoms with van der Waals surface area (Å²) in [5, 5.41) is 0. The maximum Gasteiger partial charge on any atom is 0.0465 e. The van der Waals surface area contributed by atoms with Crippen LogP contribution in [0.2, 0.25) is 0 Å². The molecular weight excluding hydrogens is 869 g/mol. The Hall–Kier alpha value is -8.72. The number of anilines is 6. The first kappa shape index (κ1) is 44.5. The van der Waals surface area contributed by atoms with E-state index in [0.717, 1.165) is 34.1 Å². The molecule has 0 heterocycles. The molecule has 0 bridgehead atoms. The van der Waals surface area contributed by atoms with Crippen molar-refractivity contribution < 1.29 is 0 Å². The molecule has 0 aromatic heterocycles. The minimum atomic E-state index is -0.211. The van der Waals surface area contributed by atoms with Crippen molar-refractivity contribution in [3.05, 3.63) is 287 Å². The zero-order valence-corrected chi connectivity index (χ0v) is 41.3. The summed E-state index contributed by atoms with van der Waals surface area (Å²) in [5.74, 6) is 0. The van der Waals surface area contributed by atoms with E-state index in [9.17, 15) is 0 Å². The van der Waals surface area contributed by atoms with Crippen molar-refractivity contribution in [2.24, 2.45) is 0 Å². The molecule has 0 aliphatic heterocycles. The molecule has 0 amide bonds. The number of benzene rings is 10. The van der Waals surface area contributed by atoms with Crippen molar-refractivity contribution in [3.8, 4) is 33.4 Å². The molecule has 2 aliphatic rings. The molecule has 0 saturated heterocycles. The molecule has 10 aromatic rings.